The van der Waals surface area contributed by atoms with Crippen molar-refractivity contribution in [3.05, 3.63) is 52.7 Å². The molecule has 1 fully saturated rings. The molecule has 5 nitrogen and oxygen atoms in total. The van der Waals surface area contributed by atoms with E-state index in [0.29, 0.717) is 19.1 Å². The minimum absolute atomic E-state index is 0.203. The summed E-state index contributed by atoms with van der Waals surface area (Å²) in [5.74, 6) is 1.86. The van der Waals surface area contributed by atoms with Gasteiger partial charge in [0, 0.05) is 18.9 Å². The molecule has 0 atom stereocenters. The number of hydrogen-bond donors (Lipinski definition) is 1. The largest absolute Gasteiger partial charge is 0.497 e. The molecule has 142 valence electrons. The second kappa shape index (κ2) is 7.99. The normalized spacial score (nSPS) is 17.1. The number of aromatic nitrogens is 1. The average molecular weight is 366 g/mol. The summed E-state index contributed by atoms with van der Waals surface area (Å²) in [4.78, 5) is 17.3. The summed E-state index contributed by atoms with van der Waals surface area (Å²) in [6, 6.07) is 10.0. The maximum atomic E-state index is 12.4. The van der Waals surface area contributed by atoms with Crippen LogP contribution in [0.1, 0.15) is 65.2 Å². The third kappa shape index (κ3) is 3.92. The van der Waals surface area contributed by atoms with Crippen LogP contribution in [0.5, 0.6) is 5.75 Å². The van der Waals surface area contributed by atoms with Crippen LogP contribution in [0.2, 0.25) is 0 Å². The van der Waals surface area contributed by atoms with Crippen molar-refractivity contribution in [3.63, 3.8) is 0 Å². The number of carbonyl (C=O) groups excluding carboxylic acids is 1. The van der Waals surface area contributed by atoms with E-state index >= 15 is 0 Å². The average Bonchev–Trinajstić information content (AvgIpc) is 2.73. The fraction of sp³-hybridized carbons (Fsp3) is 0.455. The summed E-state index contributed by atoms with van der Waals surface area (Å²) >= 11 is 0. The minimum atomic E-state index is -0.203. The van der Waals surface area contributed by atoms with Crippen molar-refractivity contribution in [2.24, 2.45) is 0 Å². The van der Waals surface area contributed by atoms with E-state index < -0.39 is 0 Å². The molecule has 1 aliphatic carbocycles. The number of carbonyl (C=O) groups is 1. The monoisotopic (exact) mass is 366 g/mol. The number of rotatable bonds is 5. The van der Waals surface area contributed by atoms with Crippen molar-refractivity contribution in [1.82, 2.24) is 4.98 Å². The Labute approximate surface area is 160 Å². The number of hydrogen-bond acceptors (Lipinski definition) is 5. The Morgan fingerprint density at radius 2 is 1.96 bits per heavy atom. The molecule has 2 aromatic rings. The molecule has 4 rings (SSSR count). The van der Waals surface area contributed by atoms with Gasteiger partial charge in [-0.2, -0.15) is 0 Å². The van der Waals surface area contributed by atoms with E-state index in [4.69, 9.17) is 14.5 Å². The molecule has 0 unspecified atom stereocenters. The lowest BCUT2D eigenvalue weighted by Crippen LogP contribution is -2.23. The van der Waals surface area contributed by atoms with Crippen molar-refractivity contribution >= 4 is 11.8 Å². The van der Waals surface area contributed by atoms with Crippen LogP contribution >= 0.6 is 0 Å². The van der Waals surface area contributed by atoms with Crippen LogP contribution in [-0.2, 0) is 17.7 Å². The van der Waals surface area contributed by atoms with Gasteiger partial charge in [0.2, 0.25) is 0 Å². The first-order valence-corrected chi connectivity index (χ1v) is 9.82. The predicted molar refractivity (Wildman–Crippen MR) is 104 cm³/mol. The summed E-state index contributed by atoms with van der Waals surface area (Å²) in [6.07, 6.45) is 6.67. The van der Waals surface area contributed by atoms with Crippen LogP contribution < -0.4 is 10.1 Å². The second-order valence-electron chi connectivity index (χ2n) is 7.35. The molecule has 0 amide bonds. The lowest BCUT2D eigenvalue weighted by molar-refractivity contribution is 0.0476. The quantitative estimate of drug-likeness (QED) is 0.792. The highest BCUT2D eigenvalue weighted by Crippen LogP contribution is 2.36. The lowest BCUT2D eigenvalue weighted by atomic mass is 9.83. The molecular weight excluding hydrogens is 340 g/mol. The van der Waals surface area contributed by atoms with E-state index in [1.54, 1.807) is 7.11 Å². The molecule has 5 heteroatoms. The minimum Gasteiger partial charge on any atom is -0.497 e. The molecule has 1 aromatic carbocycles. The number of nitrogens with one attached hydrogen (secondary N) is 1. The Kier molecular flexibility index (Phi) is 5.28. The van der Waals surface area contributed by atoms with Crippen molar-refractivity contribution in [2.45, 2.75) is 51.0 Å². The van der Waals surface area contributed by atoms with Crippen LogP contribution in [0.25, 0.3) is 0 Å². The number of nitrogens with zero attached hydrogens (tertiary/aromatic N) is 1. The Balaban J connectivity index is 1.59. The van der Waals surface area contributed by atoms with Gasteiger partial charge in [-0.15, -0.1) is 0 Å². The van der Waals surface area contributed by atoms with Crippen molar-refractivity contribution in [3.8, 4) is 5.75 Å². The van der Waals surface area contributed by atoms with Gasteiger partial charge in [-0.3, -0.25) is 0 Å². The molecule has 1 saturated carbocycles. The van der Waals surface area contributed by atoms with Crippen LogP contribution in [0, 0.1) is 0 Å². The predicted octanol–water partition coefficient (Wildman–Crippen LogP) is 4.46. The number of ether oxygens (including phenoxy) is 2. The molecule has 0 saturated heterocycles. The summed E-state index contributed by atoms with van der Waals surface area (Å²) in [7, 11) is 1.67. The molecule has 1 aliphatic heterocycles. The van der Waals surface area contributed by atoms with Crippen molar-refractivity contribution in [1.29, 1.82) is 0 Å². The SMILES string of the molecule is COc1ccc(CNc2cc3c(c(C4CCCCC4)n2)C(=O)OCC3)cc1. The Morgan fingerprint density at radius 3 is 2.70 bits per heavy atom. The Hall–Kier alpha value is -2.56. The Morgan fingerprint density at radius 1 is 1.19 bits per heavy atom. The van der Waals surface area contributed by atoms with E-state index in [1.807, 2.05) is 30.3 Å². The van der Waals surface area contributed by atoms with Gasteiger partial charge in [-0.25, -0.2) is 9.78 Å². The zero-order valence-corrected chi connectivity index (χ0v) is 15.8. The summed E-state index contributed by atoms with van der Waals surface area (Å²) in [6.45, 7) is 1.14. The first-order valence-electron chi connectivity index (χ1n) is 9.82. The maximum Gasteiger partial charge on any atom is 0.340 e. The van der Waals surface area contributed by atoms with Crippen LogP contribution in [0.15, 0.2) is 30.3 Å². The zero-order chi connectivity index (χ0) is 18.6. The Bertz CT molecular complexity index is 811. The summed E-state index contributed by atoms with van der Waals surface area (Å²) in [5, 5.41) is 3.44. The third-order valence-electron chi connectivity index (χ3n) is 5.56. The smallest absolute Gasteiger partial charge is 0.340 e. The number of methoxy groups -OCH3 is 1. The lowest BCUT2D eigenvalue weighted by Gasteiger charge is -2.26. The van der Waals surface area contributed by atoms with Gasteiger partial charge in [0.1, 0.15) is 11.6 Å². The van der Waals surface area contributed by atoms with Gasteiger partial charge in [-0.05, 0) is 42.2 Å². The van der Waals surface area contributed by atoms with Crippen molar-refractivity contribution in [2.75, 3.05) is 19.0 Å². The number of benzene rings is 1. The van der Waals surface area contributed by atoms with Gasteiger partial charge in [0.25, 0.3) is 0 Å². The van der Waals surface area contributed by atoms with E-state index in [0.717, 1.165) is 53.2 Å². The van der Waals surface area contributed by atoms with E-state index in [2.05, 4.69) is 5.32 Å². The highest BCUT2D eigenvalue weighted by molar-refractivity contribution is 5.93. The van der Waals surface area contributed by atoms with E-state index in [9.17, 15) is 4.79 Å². The molecule has 0 radical (unpaired) electrons. The van der Waals surface area contributed by atoms with Crippen LogP contribution in [0.4, 0.5) is 5.82 Å². The molecule has 27 heavy (non-hydrogen) atoms. The first-order chi connectivity index (χ1) is 13.2. The highest BCUT2D eigenvalue weighted by Gasteiger charge is 2.29. The van der Waals surface area contributed by atoms with E-state index in [1.165, 1.54) is 19.3 Å². The first kappa shape index (κ1) is 17.8. The summed E-state index contributed by atoms with van der Waals surface area (Å²) < 4.78 is 10.5. The van der Waals surface area contributed by atoms with Crippen molar-refractivity contribution < 1.29 is 14.3 Å². The molecule has 1 aromatic heterocycles. The second-order valence-corrected chi connectivity index (χ2v) is 7.35. The van der Waals surface area contributed by atoms with Gasteiger partial charge in [0.15, 0.2) is 0 Å². The number of fused-ring (bicyclic) bond motifs is 1. The zero-order valence-electron chi connectivity index (χ0n) is 15.8. The molecular formula is C22H26N2O3. The number of pyridine rings is 1. The highest BCUT2D eigenvalue weighted by atomic mass is 16.5. The molecule has 0 spiro atoms. The maximum absolute atomic E-state index is 12.4. The summed E-state index contributed by atoms with van der Waals surface area (Å²) in [5.41, 5.74) is 3.89. The van der Waals surface area contributed by atoms with Gasteiger partial charge in [0.05, 0.1) is 25.0 Å². The number of cyclic esters (lactones) is 1. The van der Waals surface area contributed by atoms with Crippen LogP contribution in [-0.4, -0.2) is 24.7 Å². The van der Waals surface area contributed by atoms with Gasteiger partial charge < -0.3 is 14.8 Å². The molecule has 1 N–H and O–H groups in total. The van der Waals surface area contributed by atoms with E-state index in [-0.39, 0.29) is 5.97 Å². The molecule has 2 aliphatic rings. The number of anilines is 1. The molecule has 2 heterocycles. The fourth-order valence-electron chi connectivity index (χ4n) is 4.08. The fourth-order valence-corrected chi connectivity index (χ4v) is 4.08. The van der Waals surface area contributed by atoms with Gasteiger partial charge in [-0.1, -0.05) is 31.4 Å². The standard InChI is InChI=1S/C22H26N2O3/c1-26-18-9-7-15(8-10-18)14-23-19-13-17-11-12-27-22(25)20(17)21(24-19)16-5-3-2-4-6-16/h7-10,13,16H,2-6,11-12,14H2,1H3,(H,23,24). The third-order valence-corrected chi connectivity index (χ3v) is 5.56. The number of esters is 1. The van der Waals surface area contributed by atoms with Gasteiger partial charge >= 0.3 is 5.97 Å². The topological polar surface area (TPSA) is 60.5 Å². The molecule has 0 bridgehead atoms. The van der Waals surface area contributed by atoms with Crippen LogP contribution in [0.3, 0.4) is 0 Å².